The van der Waals surface area contributed by atoms with Crippen LogP contribution in [0.15, 0.2) is 36.4 Å². The van der Waals surface area contributed by atoms with Crippen molar-refractivity contribution in [3.8, 4) is 11.4 Å². The third kappa shape index (κ3) is 3.51. The zero-order valence-electron chi connectivity index (χ0n) is 12.5. The summed E-state index contributed by atoms with van der Waals surface area (Å²) >= 11 is 0. The molecular formula is C17H22N4. The molecule has 0 amide bonds. The maximum atomic E-state index is 4.65. The average Bonchev–Trinajstić information content (AvgIpc) is 2.47. The fourth-order valence-corrected chi connectivity index (χ4v) is 2.47. The van der Waals surface area contributed by atoms with Gasteiger partial charge in [0.15, 0.2) is 5.82 Å². The summed E-state index contributed by atoms with van der Waals surface area (Å²) < 4.78 is 0. The Morgan fingerprint density at radius 2 is 1.76 bits per heavy atom. The number of hydrogen-bond donors (Lipinski definition) is 2. The Morgan fingerprint density at radius 1 is 1.05 bits per heavy atom. The number of aromatic nitrogens is 2. The molecule has 3 rings (SSSR count). The van der Waals surface area contributed by atoms with Gasteiger partial charge in [-0.25, -0.2) is 9.97 Å². The highest BCUT2D eigenvalue weighted by molar-refractivity contribution is 5.61. The van der Waals surface area contributed by atoms with Crippen molar-refractivity contribution >= 4 is 11.6 Å². The number of hydrogen-bond acceptors (Lipinski definition) is 4. The smallest absolute Gasteiger partial charge is 0.163 e. The molecule has 1 aromatic heterocycles. The highest BCUT2D eigenvalue weighted by atomic mass is 15.1. The van der Waals surface area contributed by atoms with Crippen LogP contribution in [0.5, 0.6) is 0 Å². The van der Waals surface area contributed by atoms with E-state index in [4.69, 9.17) is 0 Å². The summed E-state index contributed by atoms with van der Waals surface area (Å²) in [6.45, 7) is 3.94. The fraction of sp³-hybridized carbons (Fsp3) is 0.412. The summed E-state index contributed by atoms with van der Waals surface area (Å²) in [5, 5.41) is 6.75. The molecule has 1 aliphatic rings. The Hall–Kier alpha value is -2.10. The molecule has 0 saturated heterocycles. The van der Waals surface area contributed by atoms with E-state index in [2.05, 4.69) is 27.5 Å². The van der Waals surface area contributed by atoms with E-state index in [9.17, 15) is 0 Å². The van der Waals surface area contributed by atoms with Gasteiger partial charge in [-0.3, -0.25) is 0 Å². The molecule has 1 aliphatic carbocycles. The lowest BCUT2D eigenvalue weighted by molar-refractivity contribution is 0.333. The van der Waals surface area contributed by atoms with E-state index in [1.54, 1.807) is 0 Å². The molecule has 0 radical (unpaired) electrons. The van der Waals surface area contributed by atoms with Crippen molar-refractivity contribution in [2.24, 2.45) is 5.92 Å². The van der Waals surface area contributed by atoms with Crippen molar-refractivity contribution in [2.75, 3.05) is 23.7 Å². The summed E-state index contributed by atoms with van der Waals surface area (Å²) in [5.41, 5.74) is 1.05. The number of nitrogens with one attached hydrogen (secondary N) is 2. The first-order valence-electron chi connectivity index (χ1n) is 7.77. The quantitative estimate of drug-likeness (QED) is 0.846. The van der Waals surface area contributed by atoms with Crippen molar-refractivity contribution in [1.82, 2.24) is 9.97 Å². The lowest BCUT2D eigenvalue weighted by atomic mass is 9.85. The van der Waals surface area contributed by atoms with E-state index in [1.165, 1.54) is 19.3 Å². The fourth-order valence-electron chi connectivity index (χ4n) is 2.47. The first kappa shape index (κ1) is 13.9. The standard InChI is InChI=1S/C17H22N4/c1-2-18-15-11-16(19-12-13-7-6-8-13)21-17(20-15)14-9-4-3-5-10-14/h3-5,9-11,13H,2,6-8,12H2,1H3,(H2,18,19,20,21). The molecule has 0 spiro atoms. The van der Waals surface area contributed by atoms with Crippen molar-refractivity contribution in [3.05, 3.63) is 36.4 Å². The minimum Gasteiger partial charge on any atom is -0.370 e. The molecule has 21 heavy (non-hydrogen) atoms. The summed E-state index contributed by atoms with van der Waals surface area (Å²) in [5.74, 6) is 3.36. The minimum absolute atomic E-state index is 0.769. The molecule has 1 saturated carbocycles. The number of anilines is 2. The second-order valence-corrected chi connectivity index (χ2v) is 5.54. The van der Waals surface area contributed by atoms with Crippen molar-refractivity contribution in [3.63, 3.8) is 0 Å². The van der Waals surface area contributed by atoms with Crippen molar-refractivity contribution in [2.45, 2.75) is 26.2 Å². The van der Waals surface area contributed by atoms with Gasteiger partial charge >= 0.3 is 0 Å². The molecule has 2 N–H and O–H groups in total. The minimum atomic E-state index is 0.769. The Labute approximate surface area is 126 Å². The molecule has 1 aromatic carbocycles. The van der Waals surface area contributed by atoms with Crippen LogP contribution >= 0.6 is 0 Å². The van der Waals surface area contributed by atoms with E-state index in [-0.39, 0.29) is 0 Å². The van der Waals surface area contributed by atoms with E-state index in [1.807, 2.05) is 36.4 Å². The van der Waals surface area contributed by atoms with Gasteiger partial charge in [0, 0.05) is 24.7 Å². The first-order valence-corrected chi connectivity index (χ1v) is 7.77. The molecule has 2 aromatic rings. The van der Waals surface area contributed by atoms with Gasteiger partial charge in [0.2, 0.25) is 0 Å². The molecule has 1 heterocycles. The van der Waals surface area contributed by atoms with Gasteiger partial charge < -0.3 is 10.6 Å². The molecule has 4 heteroatoms. The Kier molecular flexibility index (Phi) is 4.34. The monoisotopic (exact) mass is 282 g/mol. The van der Waals surface area contributed by atoms with Gasteiger partial charge in [0.25, 0.3) is 0 Å². The number of nitrogens with zero attached hydrogens (tertiary/aromatic N) is 2. The van der Waals surface area contributed by atoms with E-state index >= 15 is 0 Å². The van der Waals surface area contributed by atoms with Crippen molar-refractivity contribution < 1.29 is 0 Å². The summed E-state index contributed by atoms with van der Waals surface area (Å²) in [7, 11) is 0. The second-order valence-electron chi connectivity index (χ2n) is 5.54. The maximum absolute atomic E-state index is 4.65. The summed E-state index contributed by atoms with van der Waals surface area (Å²) in [6, 6.07) is 12.1. The van der Waals surface area contributed by atoms with Gasteiger partial charge in [-0.15, -0.1) is 0 Å². The predicted molar refractivity (Wildman–Crippen MR) is 87.5 cm³/mol. The predicted octanol–water partition coefficient (Wildman–Crippen LogP) is 3.79. The Balaban J connectivity index is 1.82. The molecule has 0 atom stereocenters. The first-order chi connectivity index (χ1) is 10.3. The Morgan fingerprint density at radius 3 is 2.38 bits per heavy atom. The van der Waals surface area contributed by atoms with Crippen LogP contribution < -0.4 is 10.6 Å². The lowest BCUT2D eigenvalue weighted by Crippen LogP contribution is -2.21. The van der Waals surface area contributed by atoms with Crippen LogP contribution in [0.3, 0.4) is 0 Å². The molecule has 0 unspecified atom stereocenters. The molecule has 1 fully saturated rings. The number of rotatable bonds is 6. The van der Waals surface area contributed by atoms with Gasteiger partial charge in [-0.05, 0) is 25.7 Å². The lowest BCUT2D eigenvalue weighted by Gasteiger charge is -2.25. The van der Waals surface area contributed by atoms with E-state index < -0.39 is 0 Å². The summed E-state index contributed by atoms with van der Waals surface area (Å²) in [6.07, 6.45) is 4.04. The molecular weight excluding hydrogens is 260 g/mol. The van der Waals surface area contributed by atoms with Crippen LogP contribution in [0, 0.1) is 5.92 Å². The largest absolute Gasteiger partial charge is 0.370 e. The molecule has 4 nitrogen and oxygen atoms in total. The van der Waals surface area contributed by atoms with Crippen molar-refractivity contribution in [1.29, 1.82) is 0 Å². The highest BCUT2D eigenvalue weighted by Gasteiger charge is 2.17. The van der Waals surface area contributed by atoms with E-state index in [0.717, 1.165) is 42.0 Å². The molecule has 110 valence electrons. The van der Waals surface area contributed by atoms with Gasteiger partial charge in [0.05, 0.1) is 0 Å². The molecule has 0 aliphatic heterocycles. The Bertz CT molecular complexity index is 579. The molecule has 0 bridgehead atoms. The van der Waals surface area contributed by atoms with Crippen LogP contribution in [0.1, 0.15) is 26.2 Å². The third-order valence-corrected chi connectivity index (χ3v) is 3.91. The number of benzene rings is 1. The van der Waals surface area contributed by atoms with Crippen LogP contribution in [-0.4, -0.2) is 23.1 Å². The topological polar surface area (TPSA) is 49.8 Å². The normalized spacial score (nSPS) is 14.5. The maximum Gasteiger partial charge on any atom is 0.163 e. The zero-order valence-corrected chi connectivity index (χ0v) is 12.5. The van der Waals surface area contributed by atoms with Crippen LogP contribution in [-0.2, 0) is 0 Å². The third-order valence-electron chi connectivity index (χ3n) is 3.91. The second kappa shape index (κ2) is 6.57. The van der Waals surface area contributed by atoms with E-state index in [0.29, 0.717) is 0 Å². The van der Waals surface area contributed by atoms with Crippen LogP contribution in [0.2, 0.25) is 0 Å². The zero-order chi connectivity index (χ0) is 14.5. The summed E-state index contributed by atoms with van der Waals surface area (Å²) in [4.78, 5) is 9.25. The average molecular weight is 282 g/mol. The van der Waals surface area contributed by atoms with Crippen LogP contribution in [0.25, 0.3) is 11.4 Å². The SMILES string of the molecule is CCNc1cc(NCC2CCC2)nc(-c2ccccc2)n1. The highest BCUT2D eigenvalue weighted by Crippen LogP contribution is 2.27. The van der Waals surface area contributed by atoms with Gasteiger partial charge in [-0.2, -0.15) is 0 Å². The van der Waals surface area contributed by atoms with Gasteiger partial charge in [-0.1, -0.05) is 36.8 Å². The van der Waals surface area contributed by atoms with Gasteiger partial charge in [0.1, 0.15) is 11.6 Å². The van der Waals surface area contributed by atoms with Crippen LogP contribution in [0.4, 0.5) is 11.6 Å².